The van der Waals surface area contributed by atoms with Crippen LogP contribution in [-0.2, 0) is 6.54 Å². The smallest absolute Gasteiger partial charge is 0.0450 e. The maximum atomic E-state index is 4.52. The van der Waals surface area contributed by atoms with Gasteiger partial charge in [-0.25, -0.2) is 0 Å². The van der Waals surface area contributed by atoms with Crippen molar-refractivity contribution in [3.05, 3.63) is 23.5 Å². The van der Waals surface area contributed by atoms with Gasteiger partial charge in [-0.15, -0.1) is 0 Å². The summed E-state index contributed by atoms with van der Waals surface area (Å²) in [6, 6.07) is 3.60. The Hall–Kier alpha value is -1.09. The molecule has 0 aliphatic carbocycles. The van der Waals surface area contributed by atoms with E-state index in [0.717, 1.165) is 18.8 Å². The monoisotopic (exact) mass is 289 g/mol. The Morgan fingerprint density at radius 3 is 2.81 bits per heavy atom. The van der Waals surface area contributed by atoms with Gasteiger partial charge in [-0.2, -0.15) is 0 Å². The Balaban J connectivity index is 2.22. The molecule has 1 saturated heterocycles. The van der Waals surface area contributed by atoms with Crippen LogP contribution in [-0.4, -0.2) is 23.6 Å². The van der Waals surface area contributed by atoms with Crippen molar-refractivity contribution in [2.24, 2.45) is 5.92 Å². The number of nitrogens with one attached hydrogen (secondary N) is 1. The van der Waals surface area contributed by atoms with E-state index < -0.39 is 0 Å². The van der Waals surface area contributed by atoms with Crippen LogP contribution in [0.25, 0.3) is 0 Å². The zero-order valence-corrected chi connectivity index (χ0v) is 14.3. The van der Waals surface area contributed by atoms with Crippen LogP contribution in [0.4, 0.5) is 5.69 Å². The molecule has 0 radical (unpaired) electrons. The Labute approximate surface area is 130 Å². The molecule has 0 aromatic carbocycles. The second kappa shape index (κ2) is 7.26. The van der Waals surface area contributed by atoms with Crippen LogP contribution in [0.2, 0.25) is 0 Å². The number of aryl methyl sites for hydroxylation is 1. The van der Waals surface area contributed by atoms with Crippen LogP contribution in [0.3, 0.4) is 0 Å². The largest absolute Gasteiger partial charge is 0.365 e. The lowest BCUT2D eigenvalue weighted by molar-refractivity contribution is 0.549. The SMILES string of the molecule is CCC1CCC(C)N1c1cc(C)ncc1CNCC(C)C. The lowest BCUT2D eigenvalue weighted by atomic mass is 10.1. The molecule has 2 atom stereocenters. The number of anilines is 1. The van der Waals surface area contributed by atoms with E-state index in [0.29, 0.717) is 18.0 Å². The molecular formula is C18H31N3. The van der Waals surface area contributed by atoms with Crippen molar-refractivity contribution in [2.75, 3.05) is 11.4 Å². The number of hydrogen-bond acceptors (Lipinski definition) is 3. The molecule has 0 spiro atoms. The molecule has 0 saturated carbocycles. The fourth-order valence-electron chi connectivity index (χ4n) is 3.35. The van der Waals surface area contributed by atoms with Crippen LogP contribution in [0, 0.1) is 12.8 Å². The first-order valence-electron chi connectivity index (χ1n) is 8.47. The molecular weight excluding hydrogens is 258 g/mol. The van der Waals surface area contributed by atoms with Crippen LogP contribution >= 0.6 is 0 Å². The number of hydrogen-bond donors (Lipinski definition) is 1. The Morgan fingerprint density at radius 1 is 1.38 bits per heavy atom. The quantitative estimate of drug-likeness (QED) is 0.861. The molecule has 1 aromatic heterocycles. The van der Waals surface area contributed by atoms with Gasteiger partial charge in [0.15, 0.2) is 0 Å². The minimum atomic E-state index is 0.639. The van der Waals surface area contributed by atoms with Crippen molar-refractivity contribution in [3.8, 4) is 0 Å². The zero-order valence-electron chi connectivity index (χ0n) is 14.3. The number of rotatable bonds is 6. The molecule has 3 nitrogen and oxygen atoms in total. The van der Waals surface area contributed by atoms with E-state index in [1.807, 2.05) is 0 Å². The van der Waals surface area contributed by atoms with Crippen molar-refractivity contribution >= 4 is 5.69 Å². The Morgan fingerprint density at radius 2 is 2.14 bits per heavy atom. The van der Waals surface area contributed by atoms with E-state index in [-0.39, 0.29) is 0 Å². The molecule has 0 amide bonds. The Kier molecular flexibility index (Phi) is 5.63. The number of aromatic nitrogens is 1. The maximum absolute atomic E-state index is 4.52. The van der Waals surface area contributed by atoms with E-state index in [1.165, 1.54) is 30.5 Å². The minimum absolute atomic E-state index is 0.639. The molecule has 1 N–H and O–H groups in total. The fraction of sp³-hybridized carbons (Fsp3) is 0.722. The number of nitrogens with zero attached hydrogens (tertiary/aromatic N) is 2. The standard InChI is InChI=1S/C18H31N3/c1-6-17-8-7-15(5)21(17)18-9-14(4)20-12-16(18)11-19-10-13(2)3/h9,12-13,15,17,19H,6-8,10-11H2,1-5H3. The van der Waals surface area contributed by atoms with Crippen LogP contribution in [0.1, 0.15) is 58.2 Å². The molecule has 118 valence electrons. The molecule has 3 heteroatoms. The summed E-state index contributed by atoms with van der Waals surface area (Å²) in [5.41, 5.74) is 3.86. The van der Waals surface area contributed by atoms with Gasteiger partial charge < -0.3 is 10.2 Å². The molecule has 1 fully saturated rings. The average Bonchev–Trinajstić information content (AvgIpc) is 2.81. The van der Waals surface area contributed by atoms with Crippen LogP contribution < -0.4 is 10.2 Å². The van der Waals surface area contributed by atoms with E-state index >= 15 is 0 Å². The summed E-state index contributed by atoms with van der Waals surface area (Å²) in [5, 5.41) is 3.57. The molecule has 0 bridgehead atoms. The van der Waals surface area contributed by atoms with Gasteiger partial charge in [0.05, 0.1) is 0 Å². The first-order chi connectivity index (χ1) is 10.0. The molecule has 1 aliphatic heterocycles. The highest BCUT2D eigenvalue weighted by Gasteiger charge is 2.30. The predicted molar refractivity (Wildman–Crippen MR) is 90.8 cm³/mol. The molecule has 2 heterocycles. The van der Waals surface area contributed by atoms with E-state index in [1.54, 1.807) is 0 Å². The van der Waals surface area contributed by atoms with E-state index in [9.17, 15) is 0 Å². The lowest BCUT2D eigenvalue weighted by Gasteiger charge is -2.32. The third-order valence-corrected chi connectivity index (χ3v) is 4.50. The number of pyridine rings is 1. The van der Waals surface area contributed by atoms with Crippen molar-refractivity contribution in [3.63, 3.8) is 0 Å². The molecule has 1 aliphatic rings. The topological polar surface area (TPSA) is 28.2 Å². The predicted octanol–water partition coefficient (Wildman–Crippen LogP) is 3.90. The minimum Gasteiger partial charge on any atom is -0.365 e. The van der Waals surface area contributed by atoms with Gasteiger partial charge in [0, 0.05) is 41.8 Å². The first kappa shape index (κ1) is 16.3. The van der Waals surface area contributed by atoms with E-state index in [2.05, 4.69) is 62.1 Å². The maximum Gasteiger partial charge on any atom is 0.0450 e. The van der Waals surface area contributed by atoms with Gasteiger partial charge in [0.25, 0.3) is 0 Å². The summed E-state index contributed by atoms with van der Waals surface area (Å²) < 4.78 is 0. The van der Waals surface area contributed by atoms with Gasteiger partial charge in [0.1, 0.15) is 0 Å². The summed E-state index contributed by atoms with van der Waals surface area (Å²) >= 11 is 0. The highest BCUT2D eigenvalue weighted by molar-refractivity contribution is 5.56. The van der Waals surface area contributed by atoms with Crippen LogP contribution in [0.5, 0.6) is 0 Å². The van der Waals surface area contributed by atoms with Crippen molar-refractivity contribution in [2.45, 2.75) is 72.5 Å². The van der Waals surface area contributed by atoms with Crippen molar-refractivity contribution in [1.29, 1.82) is 0 Å². The third-order valence-electron chi connectivity index (χ3n) is 4.50. The third kappa shape index (κ3) is 3.97. The zero-order chi connectivity index (χ0) is 15.4. The summed E-state index contributed by atoms with van der Waals surface area (Å²) in [5.74, 6) is 0.681. The second-order valence-electron chi connectivity index (χ2n) is 6.87. The van der Waals surface area contributed by atoms with E-state index in [4.69, 9.17) is 0 Å². The Bertz CT molecular complexity index is 456. The van der Waals surface area contributed by atoms with Gasteiger partial charge in [0.2, 0.25) is 0 Å². The second-order valence-corrected chi connectivity index (χ2v) is 6.87. The highest BCUT2D eigenvalue weighted by atomic mass is 15.2. The van der Waals surface area contributed by atoms with Crippen LogP contribution in [0.15, 0.2) is 12.3 Å². The van der Waals surface area contributed by atoms with Gasteiger partial charge in [-0.05, 0) is 51.6 Å². The van der Waals surface area contributed by atoms with Gasteiger partial charge >= 0.3 is 0 Å². The first-order valence-corrected chi connectivity index (χ1v) is 8.47. The molecule has 1 aromatic rings. The van der Waals surface area contributed by atoms with Gasteiger partial charge in [-0.3, -0.25) is 4.98 Å². The average molecular weight is 289 g/mol. The summed E-state index contributed by atoms with van der Waals surface area (Å²) in [6.45, 7) is 13.2. The lowest BCUT2D eigenvalue weighted by Crippen LogP contribution is -2.35. The highest BCUT2D eigenvalue weighted by Crippen LogP contribution is 2.34. The molecule has 2 unspecified atom stereocenters. The van der Waals surface area contributed by atoms with Crippen molar-refractivity contribution in [1.82, 2.24) is 10.3 Å². The van der Waals surface area contributed by atoms with Gasteiger partial charge in [-0.1, -0.05) is 20.8 Å². The summed E-state index contributed by atoms with van der Waals surface area (Å²) in [7, 11) is 0. The normalized spacial score (nSPS) is 22.3. The molecule has 21 heavy (non-hydrogen) atoms. The summed E-state index contributed by atoms with van der Waals surface area (Å²) in [4.78, 5) is 7.16. The fourth-order valence-corrected chi connectivity index (χ4v) is 3.35. The molecule has 2 rings (SSSR count). The summed E-state index contributed by atoms with van der Waals surface area (Å²) in [6.07, 6.45) is 5.91. The van der Waals surface area contributed by atoms with Crippen molar-refractivity contribution < 1.29 is 0 Å².